The average Bonchev–Trinajstić information content (AvgIpc) is 3.34. The van der Waals surface area contributed by atoms with Crippen LogP contribution in [0.2, 0.25) is 5.02 Å². The Morgan fingerprint density at radius 2 is 1.88 bits per heavy atom. The van der Waals surface area contributed by atoms with E-state index in [1.165, 1.54) is 5.56 Å². The summed E-state index contributed by atoms with van der Waals surface area (Å²) in [5, 5.41) is 15.0. The number of anilines is 1. The maximum Gasteiger partial charge on any atom is 0.205 e. The van der Waals surface area contributed by atoms with E-state index in [2.05, 4.69) is 25.2 Å². The fourth-order valence-corrected chi connectivity index (χ4v) is 3.22. The van der Waals surface area contributed by atoms with Gasteiger partial charge in [-0.1, -0.05) is 41.9 Å². The number of hydrogen-bond donors (Lipinski definition) is 2. The molecule has 25 heavy (non-hydrogen) atoms. The van der Waals surface area contributed by atoms with Crippen molar-refractivity contribution in [2.24, 2.45) is 0 Å². The lowest BCUT2D eigenvalue weighted by atomic mass is 9.97. The van der Waals surface area contributed by atoms with Crippen molar-refractivity contribution < 1.29 is 9.52 Å². The normalized spacial score (nSPS) is 13.9. The van der Waals surface area contributed by atoms with E-state index < -0.39 is 0 Å². The molecule has 4 rings (SSSR count). The van der Waals surface area contributed by atoms with Crippen LogP contribution in [0.15, 0.2) is 46.9 Å². The molecule has 1 heterocycles. The van der Waals surface area contributed by atoms with Crippen molar-refractivity contribution in [3.63, 3.8) is 0 Å². The van der Waals surface area contributed by atoms with Crippen LogP contribution < -0.4 is 5.32 Å². The maximum atomic E-state index is 11.0. The molecule has 3 aromatic rings. The lowest BCUT2D eigenvalue weighted by molar-refractivity contribution is 0.466. The minimum atomic E-state index is 0.152. The van der Waals surface area contributed by atoms with Gasteiger partial charge >= 0.3 is 0 Å². The minimum absolute atomic E-state index is 0.152. The van der Waals surface area contributed by atoms with E-state index in [1.54, 1.807) is 12.1 Å². The Kier molecular flexibility index (Phi) is 3.97. The summed E-state index contributed by atoms with van der Waals surface area (Å²) in [5.41, 5.74) is 4.79. The van der Waals surface area contributed by atoms with Crippen molar-refractivity contribution in [2.45, 2.75) is 32.7 Å². The van der Waals surface area contributed by atoms with Gasteiger partial charge in [-0.3, -0.25) is 0 Å². The van der Waals surface area contributed by atoms with Gasteiger partial charge in [0, 0.05) is 16.6 Å². The number of nitrogens with one attached hydrogen (secondary N) is 1. The van der Waals surface area contributed by atoms with Crippen LogP contribution >= 0.6 is 11.6 Å². The average molecular weight is 354 g/mol. The first-order valence-electron chi connectivity index (χ1n) is 8.49. The van der Waals surface area contributed by atoms with Crippen LogP contribution in [0.1, 0.15) is 24.0 Å². The highest BCUT2D eigenvalue weighted by Gasteiger charge is 2.29. The van der Waals surface area contributed by atoms with Gasteiger partial charge in [-0.25, -0.2) is 0 Å². The van der Waals surface area contributed by atoms with Gasteiger partial charge in [0.1, 0.15) is 0 Å². The number of rotatable bonds is 4. The Bertz CT molecular complexity index is 941. The van der Waals surface area contributed by atoms with Crippen molar-refractivity contribution in [2.75, 3.05) is 5.32 Å². The molecule has 0 unspecified atom stereocenters. The second-order valence-electron chi connectivity index (χ2n) is 6.66. The Morgan fingerprint density at radius 1 is 1.12 bits per heavy atom. The van der Waals surface area contributed by atoms with Crippen molar-refractivity contribution in [1.82, 2.24) is 0 Å². The predicted molar refractivity (Wildman–Crippen MR) is 102 cm³/mol. The fraction of sp³-hybridized carbons (Fsp3) is 0.238. The second-order valence-corrected chi connectivity index (χ2v) is 7.10. The van der Waals surface area contributed by atoms with Crippen molar-refractivity contribution >= 4 is 17.5 Å². The molecule has 2 N–H and O–H groups in total. The molecule has 128 valence electrons. The van der Waals surface area contributed by atoms with E-state index in [9.17, 15) is 5.11 Å². The van der Waals surface area contributed by atoms with Gasteiger partial charge in [0.25, 0.3) is 0 Å². The van der Waals surface area contributed by atoms with Crippen LogP contribution in [0.3, 0.4) is 0 Å². The molecule has 1 saturated carbocycles. The molecule has 0 saturated heterocycles. The highest BCUT2D eigenvalue weighted by Crippen LogP contribution is 2.48. The maximum absolute atomic E-state index is 11.0. The first-order chi connectivity index (χ1) is 12.0. The summed E-state index contributed by atoms with van der Waals surface area (Å²) in [7, 11) is 0. The smallest absolute Gasteiger partial charge is 0.205 e. The zero-order chi connectivity index (χ0) is 17.6. The Hall–Kier alpha value is -2.39. The van der Waals surface area contributed by atoms with E-state index in [1.807, 2.05) is 24.3 Å². The van der Waals surface area contributed by atoms with E-state index in [-0.39, 0.29) is 5.75 Å². The topological polar surface area (TPSA) is 45.4 Å². The third-order valence-electron chi connectivity index (χ3n) is 4.76. The molecule has 3 nitrogen and oxygen atoms in total. The molecule has 0 aliphatic heterocycles. The Morgan fingerprint density at radius 3 is 2.60 bits per heavy atom. The molecule has 0 radical (unpaired) electrons. The zero-order valence-corrected chi connectivity index (χ0v) is 15.0. The Balaban J connectivity index is 1.91. The summed E-state index contributed by atoms with van der Waals surface area (Å²) in [6, 6.07) is 13.9. The Labute approximate surface area is 152 Å². The van der Waals surface area contributed by atoms with Crippen LogP contribution in [0, 0.1) is 13.8 Å². The summed E-state index contributed by atoms with van der Waals surface area (Å²) >= 11 is 6.11. The number of benzene rings is 2. The summed E-state index contributed by atoms with van der Waals surface area (Å²) < 4.78 is 6.07. The van der Waals surface area contributed by atoms with Crippen molar-refractivity contribution in [3.8, 4) is 28.2 Å². The molecule has 4 heteroatoms. The number of aryl methyl sites for hydroxylation is 1. The minimum Gasteiger partial charge on any atom is -0.504 e. The molecule has 0 amide bonds. The zero-order valence-electron chi connectivity index (χ0n) is 14.3. The fourth-order valence-electron chi connectivity index (χ4n) is 3.03. The largest absolute Gasteiger partial charge is 0.504 e. The SMILES string of the molecule is Cc1cccc(-c2c(NC3CC3)oc(-c3cccc(Cl)c3)c2O)c1C. The van der Waals surface area contributed by atoms with Gasteiger partial charge in [-0.05, 0) is 55.5 Å². The highest BCUT2D eigenvalue weighted by atomic mass is 35.5. The van der Waals surface area contributed by atoms with Gasteiger partial charge in [0.05, 0.1) is 5.56 Å². The summed E-state index contributed by atoms with van der Waals surface area (Å²) in [4.78, 5) is 0. The summed E-state index contributed by atoms with van der Waals surface area (Å²) in [6.07, 6.45) is 2.25. The van der Waals surface area contributed by atoms with E-state index >= 15 is 0 Å². The van der Waals surface area contributed by atoms with E-state index in [0.29, 0.717) is 22.7 Å². The quantitative estimate of drug-likeness (QED) is 0.590. The standard InChI is InChI=1S/C21H20ClNO2/c1-12-5-3-8-17(13(12)2)18-19(24)20(14-6-4-7-15(22)11-14)25-21(18)23-16-9-10-16/h3-8,11,16,23-24H,9-10H2,1-2H3. The van der Waals surface area contributed by atoms with Gasteiger partial charge in [0.2, 0.25) is 5.88 Å². The van der Waals surface area contributed by atoms with Crippen LogP contribution in [0.25, 0.3) is 22.5 Å². The van der Waals surface area contributed by atoms with Crippen LogP contribution in [-0.4, -0.2) is 11.1 Å². The number of aromatic hydroxyl groups is 1. The van der Waals surface area contributed by atoms with Crippen LogP contribution in [0.5, 0.6) is 5.75 Å². The molecular weight excluding hydrogens is 334 g/mol. The molecule has 0 bridgehead atoms. The van der Waals surface area contributed by atoms with Crippen molar-refractivity contribution in [3.05, 3.63) is 58.6 Å². The van der Waals surface area contributed by atoms with Gasteiger partial charge in [-0.15, -0.1) is 0 Å². The van der Waals surface area contributed by atoms with Crippen LogP contribution in [0.4, 0.5) is 5.88 Å². The molecule has 0 atom stereocenters. The molecule has 0 spiro atoms. The monoisotopic (exact) mass is 353 g/mol. The van der Waals surface area contributed by atoms with Gasteiger partial charge in [-0.2, -0.15) is 0 Å². The molecule has 1 aliphatic rings. The molecule has 1 aromatic heterocycles. The highest BCUT2D eigenvalue weighted by molar-refractivity contribution is 6.30. The van der Waals surface area contributed by atoms with E-state index in [4.69, 9.17) is 16.0 Å². The van der Waals surface area contributed by atoms with E-state index in [0.717, 1.165) is 35.1 Å². The summed E-state index contributed by atoms with van der Waals surface area (Å²) in [6.45, 7) is 4.14. The van der Waals surface area contributed by atoms with Gasteiger partial charge < -0.3 is 14.8 Å². The summed E-state index contributed by atoms with van der Waals surface area (Å²) in [5.74, 6) is 1.23. The first kappa shape index (κ1) is 16.1. The third kappa shape index (κ3) is 3.00. The van der Waals surface area contributed by atoms with Crippen molar-refractivity contribution in [1.29, 1.82) is 0 Å². The molecule has 1 aliphatic carbocycles. The lowest BCUT2D eigenvalue weighted by Crippen LogP contribution is -2.01. The lowest BCUT2D eigenvalue weighted by Gasteiger charge is -2.10. The predicted octanol–water partition coefficient (Wildman–Crippen LogP) is 6.16. The molecule has 2 aromatic carbocycles. The van der Waals surface area contributed by atoms with Gasteiger partial charge in [0.15, 0.2) is 11.5 Å². The van der Waals surface area contributed by atoms with Crippen LogP contribution in [-0.2, 0) is 0 Å². The number of halogens is 1. The first-order valence-corrected chi connectivity index (χ1v) is 8.87. The molecule has 1 fully saturated rings. The third-order valence-corrected chi connectivity index (χ3v) is 4.99. The molecular formula is C21H20ClNO2. The number of furan rings is 1. The second kappa shape index (κ2) is 6.16. The number of hydrogen-bond acceptors (Lipinski definition) is 3.